The molecule has 1 aliphatic heterocycles. The van der Waals surface area contributed by atoms with Crippen LogP contribution in [-0.4, -0.2) is 41.1 Å². The zero-order chi connectivity index (χ0) is 13.8. The highest BCUT2D eigenvalue weighted by Crippen LogP contribution is 2.13. The van der Waals surface area contributed by atoms with E-state index >= 15 is 0 Å². The number of nitrogens with zero attached hydrogens (tertiary/aromatic N) is 2. The van der Waals surface area contributed by atoms with Crippen LogP contribution in [0.5, 0.6) is 0 Å². The van der Waals surface area contributed by atoms with Crippen LogP contribution in [0.1, 0.15) is 29.9 Å². The lowest BCUT2D eigenvalue weighted by Crippen LogP contribution is -2.44. The number of morpholine rings is 1. The van der Waals surface area contributed by atoms with Crippen molar-refractivity contribution in [2.45, 2.75) is 32.6 Å². The van der Waals surface area contributed by atoms with E-state index in [9.17, 15) is 4.79 Å². The summed E-state index contributed by atoms with van der Waals surface area (Å²) in [7, 11) is 0. The van der Waals surface area contributed by atoms with Crippen LogP contribution in [-0.2, 0) is 11.3 Å². The summed E-state index contributed by atoms with van der Waals surface area (Å²) in [6, 6.07) is 3.59. The second-order valence-corrected chi connectivity index (χ2v) is 4.96. The average molecular weight is 264 g/mol. The molecule has 3 N–H and O–H groups in total. The van der Waals surface area contributed by atoms with Gasteiger partial charge in [0.2, 0.25) is 0 Å². The lowest BCUT2D eigenvalue weighted by Gasteiger charge is -2.35. The van der Waals surface area contributed by atoms with Crippen molar-refractivity contribution >= 4 is 5.91 Å². The van der Waals surface area contributed by atoms with Crippen molar-refractivity contribution in [2.24, 2.45) is 5.84 Å². The number of pyridine rings is 1. The summed E-state index contributed by atoms with van der Waals surface area (Å²) >= 11 is 0. The number of amides is 1. The van der Waals surface area contributed by atoms with Crippen LogP contribution < -0.4 is 11.3 Å². The van der Waals surface area contributed by atoms with Crippen molar-refractivity contribution in [3.63, 3.8) is 0 Å². The van der Waals surface area contributed by atoms with E-state index in [0.29, 0.717) is 5.56 Å². The Kier molecular flexibility index (Phi) is 4.47. The number of nitrogens with two attached hydrogens (primary N) is 1. The zero-order valence-electron chi connectivity index (χ0n) is 11.3. The lowest BCUT2D eigenvalue weighted by atomic mass is 10.2. The SMILES string of the molecule is CC1CN(Cc2ccc(C(=O)NN)cn2)CC(C)O1. The van der Waals surface area contributed by atoms with Crippen molar-refractivity contribution in [1.29, 1.82) is 0 Å². The topological polar surface area (TPSA) is 80.5 Å². The Bertz CT molecular complexity index is 425. The van der Waals surface area contributed by atoms with Gasteiger partial charge in [-0.15, -0.1) is 0 Å². The van der Waals surface area contributed by atoms with Gasteiger partial charge in [0, 0.05) is 25.8 Å². The number of hydrogen-bond donors (Lipinski definition) is 2. The number of carbonyl (C=O) groups excluding carboxylic acids is 1. The Morgan fingerprint density at radius 2 is 2.16 bits per heavy atom. The number of hydrogen-bond acceptors (Lipinski definition) is 5. The van der Waals surface area contributed by atoms with Crippen molar-refractivity contribution in [3.8, 4) is 0 Å². The Balaban J connectivity index is 1.97. The molecule has 104 valence electrons. The first-order valence-corrected chi connectivity index (χ1v) is 6.42. The molecule has 2 atom stereocenters. The molecule has 2 unspecified atom stereocenters. The molecule has 0 radical (unpaired) electrons. The van der Waals surface area contributed by atoms with Crippen molar-refractivity contribution in [2.75, 3.05) is 13.1 Å². The number of nitrogens with one attached hydrogen (secondary N) is 1. The first-order valence-electron chi connectivity index (χ1n) is 6.42. The van der Waals surface area contributed by atoms with E-state index in [0.717, 1.165) is 25.3 Å². The summed E-state index contributed by atoms with van der Waals surface area (Å²) in [4.78, 5) is 17.9. The van der Waals surface area contributed by atoms with Gasteiger partial charge < -0.3 is 4.74 Å². The molecule has 2 heterocycles. The van der Waals surface area contributed by atoms with Crippen LogP contribution in [0.3, 0.4) is 0 Å². The van der Waals surface area contributed by atoms with Crippen LogP contribution in [0.2, 0.25) is 0 Å². The molecule has 0 bridgehead atoms. The van der Waals surface area contributed by atoms with Gasteiger partial charge in [-0.1, -0.05) is 0 Å². The summed E-state index contributed by atoms with van der Waals surface area (Å²) < 4.78 is 5.69. The van der Waals surface area contributed by atoms with Gasteiger partial charge in [0.15, 0.2) is 0 Å². The van der Waals surface area contributed by atoms with E-state index in [4.69, 9.17) is 10.6 Å². The van der Waals surface area contributed by atoms with Gasteiger partial charge in [-0.3, -0.25) is 20.1 Å². The highest BCUT2D eigenvalue weighted by molar-refractivity contribution is 5.93. The molecule has 0 aliphatic carbocycles. The van der Waals surface area contributed by atoms with E-state index in [1.54, 1.807) is 12.3 Å². The first-order chi connectivity index (χ1) is 9.08. The summed E-state index contributed by atoms with van der Waals surface area (Å²) in [5.74, 6) is 4.75. The molecule has 0 aromatic carbocycles. The summed E-state index contributed by atoms with van der Waals surface area (Å²) in [5.41, 5.74) is 3.50. The Labute approximate surface area is 112 Å². The summed E-state index contributed by atoms with van der Waals surface area (Å²) in [6.45, 7) is 6.71. The molecule has 0 spiro atoms. The molecule has 1 saturated heterocycles. The largest absolute Gasteiger partial charge is 0.373 e. The molecule has 1 fully saturated rings. The highest BCUT2D eigenvalue weighted by Gasteiger charge is 2.22. The molecule has 19 heavy (non-hydrogen) atoms. The normalized spacial score (nSPS) is 24.2. The van der Waals surface area contributed by atoms with Gasteiger partial charge in [0.25, 0.3) is 5.91 Å². The minimum Gasteiger partial charge on any atom is -0.373 e. The number of carbonyl (C=O) groups is 1. The van der Waals surface area contributed by atoms with E-state index in [-0.39, 0.29) is 18.1 Å². The molecule has 1 aliphatic rings. The number of nitrogen functional groups attached to an aromatic ring is 1. The third-order valence-electron chi connectivity index (χ3n) is 3.10. The molecule has 2 rings (SSSR count). The van der Waals surface area contributed by atoms with Gasteiger partial charge in [-0.05, 0) is 26.0 Å². The number of aromatic nitrogens is 1. The Morgan fingerprint density at radius 3 is 2.68 bits per heavy atom. The fourth-order valence-electron chi connectivity index (χ4n) is 2.38. The third-order valence-corrected chi connectivity index (χ3v) is 3.10. The van der Waals surface area contributed by atoms with Crippen molar-refractivity contribution in [3.05, 3.63) is 29.6 Å². The van der Waals surface area contributed by atoms with Gasteiger partial charge in [0.1, 0.15) is 0 Å². The van der Waals surface area contributed by atoms with E-state index in [1.165, 1.54) is 0 Å². The van der Waals surface area contributed by atoms with Gasteiger partial charge in [-0.25, -0.2) is 5.84 Å². The Hall–Kier alpha value is -1.50. The molecule has 1 aromatic heterocycles. The van der Waals surface area contributed by atoms with Gasteiger partial charge >= 0.3 is 0 Å². The zero-order valence-corrected chi connectivity index (χ0v) is 11.3. The monoisotopic (exact) mass is 264 g/mol. The fourth-order valence-corrected chi connectivity index (χ4v) is 2.38. The van der Waals surface area contributed by atoms with E-state index < -0.39 is 0 Å². The first kappa shape index (κ1) is 13.9. The standard InChI is InChI=1S/C13H20N4O2/c1-9-6-17(7-10(2)19-9)8-12-4-3-11(5-15-12)13(18)16-14/h3-5,9-10H,6-8,14H2,1-2H3,(H,16,18). The molecule has 0 saturated carbocycles. The molecular formula is C13H20N4O2. The second-order valence-electron chi connectivity index (χ2n) is 4.96. The highest BCUT2D eigenvalue weighted by atomic mass is 16.5. The lowest BCUT2D eigenvalue weighted by molar-refractivity contribution is -0.0707. The van der Waals surface area contributed by atoms with Crippen LogP contribution >= 0.6 is 0 Å². The second kappa shape index (κ2) is 6.10. The van der Waals surface area contributed by atoms with Gasteiger partial charge in [-0.2, -0.15) is 0 Å². The van der Waals surface area contributed by atoms with E-state index in [1.807, 2.05) is 6.07 Å². The Morgan fingerprint density at radius 1 is 1.47 bits per heavy atom. The molecule has 1 amide bonds. The van der Waals surface area contributed by atoms with Crippen LogP contribution in [0.15, 0.2) is 18.3 Å². The van der Waals surface area contributed by atoms with Crippen LogP contribution in [0.4, 0.5) is 0 Å². The maximum atomic E-state index is 11.3. The van der Waals surface area contributed by atoms with Gasteiger partial charge in [0.05, 0.1) is 23.5 Å². The minimum atomic E-state index is -0.326. The molecule has 6 nitrogen and oxygen atoms in total. The molecule has 1 aromatic rings. The predicted molar refractivity (Wildman–Crippen MR) is 71.2 cm³/mol. The number of rotatable bonds is 3. The minimum absolute atomic E-state index is 0.242. The third kappa shape index (κ3) is 3.73. The average Bonchev–Trinajstić information content (AvgIpc) is 2.37. The number of ether oxygens (including phenoxy) is 1. The van der Waals surface area contributed by atoms with E-state index in [2.05, 4.69) is 29.2 Å². The summed E-state index contributed by atoms with van der Waals surface area (Å²) in [6.07, 6.45) is 2.03. The van der Waals surface area contributed by atoms with Crippen molar-refractivity contribution in [1.82, 2.24) is 15.3 Å². The van der Waals surface area contributed by atoms with Crippen LogP contribution in [0, 0.1) is 0 Å². The molecular weight excluding hydrogens is 244 g/mol. The van der Waals surface area contributed by atoms with Crippen LogP contribution in [0.25, 0.3) is 0 Å². The maximum Gasteiger partial charge on any atom is 0.266 e. The predicted octanol–water partition coefficient (Wildman–Crippen LogP) is 0.294. The molecule has 6 heteroatoms. The maximum absolute atomic E-state index is 11.3. The fraction of sp³-hybridized carbons (Fsp3) is 0.538. The number of hydrazine groups is 1. The summed E-state index contributed by atoms with van der Waals surface area (Å²) in [5, 5.41) is 0. The van der Waals surface area contributed by atoms with Crippen molar-refractivity contribution < 1.29 is 9.53 Å². The quantitative estimate of drug-likeness (QED) is 0.466. The smallest absolute Gasteiger partial charge is 0.266 e.